The van der Waals surface area contributed by atoms with Crippen molar-refractivity contribution in [2.75, 3.05) is 5.32 Å². The predicted molar refractivity (Wildman–Crippen MR) is 102 cm³/mol. The molecule has 1 aromatic heterocycles. The van der Waals surface area contributed by atoms with E-state index in [2.05, 4.69) is 10.5 Å². The summed E-state index contributed by atoms with van der Waals surface area (Å²) in [6, 6.07) is 5.27. The normalized spacial score (nSPS) is 16.7. The zero-order valence-corrected chi connectivity index (χ0v) is 15.3. The van der Waals surface area contributed by atoms with Gasteiger partial charge in [-0.1, -0.05) is 42.1 Å². The number of carbonyl (C=O) groups excluding carboxylic acids is 1. The first kappa shape index (κ1) is 17.9. The van der Waals surface area contributed by atoms with Gasteiger partial charge in [0.25, 0.3) is 0 Å². The van der Waals surface area contributed by atoms with Gasteiger partial charge in [0.2, 0.25) is 5.91 Å². The summed E-state index contributed by atoms with van der Waals surface area (Å²) in [6.07, 6.45) is 8.42. The zero-order chi connectivity index (χ0) is 17.8. The molecule has 0 radical (unpaired) electrons. The third kappa shape index (κ3) is 4.21. The van der Waals surface area contributed by atoms with Crippen molar-refractivity contribution in [2.24, 2.45) is 11.1 Å². The Balaban J connectivity index is 1.82. The van der Waals surface area contributed by atoms with Crippen LogP contribution in [0.1, 0.15) is 45.4 Å². The zero-order valence-electron chi connectivity index (χ0n) is 14.5. The first-order valence-electron chi connectivity index (χ1n) is 8.98. The molecule has 1 atom stereocenters. The molecule has 1 saturated carbocycles. The van der Waals surface area contributed by atoms with Crippen LogP contribution in [0.2, 0.25) is 5.02 Å². The molecule has 1 aliphatic rings. The van der Waals surface area contributed by atoms with Crippen LogP contribution in [-0.4, -0.2) is 16.5 Å². The van der Waals surface area contributed by atoms with Crippen LogP contribution < -0.4 is 5.32 Å². The van der Waals surface area contributed by atoms with Crippen molar-refractivity contribution in [3.63, 3.8) is 0 Å². The minimum Gasteiger partial charge on any atom is -0.343 e. The Morgan fingerprint density at radius 2 is 2.12 bits per heavy atom. The number of amides is 1. The molecule has 2 aromatic rings. The van der Waals surface area contributed by atoms with E-state index in [9.17, 15) is 9.70 Å². The smallest absolute Gasteiger partial charge is 0.224 e. The second-order valence-electron chi connectivity index (χ2n) is 7.04. The third-order valence-corrected chi connectivity index (χ3v) is 5.28. The number of nitrogens with zero attached hydrogens (tertiary/aromatic N) is 2. The maximum atomic E-state index is 12.5. The van der Waals surface area contributed by atoms with E-state index in [0.717, 1.165) is 23.7 Å². The minimum atomic E-state index is -0.347. The molecule has 3 rings (SSSR count). The Bertz CT molecular complexity index is 765. The van der Waals surface area contributed by atoms with E-state index in [4.69, 9.17) is 11.6 Å². The molecule has 1 unspecified atom stereocenters. The Morgan fingerprint density at radius 1 is 1.36 bits per heavy atom. The van der Waals surface area contributed by atoms with Gasteiger partial charge in [0.05, 0.1) is 16.2 Å². The molecule has 1 aromatic carbocycles. The Morgan fingerprint density at radius 3 is 2.84 bits per heavy atom. The first-order chi connectivity index (χ1) is 12.1. The molecule has 25 heavy (non-hydrogen) atoms. The van der Waals surface area contributed by atoms with E-state index in [-0.39, 0.29) is 11.9 Å². The van der Waals surface area contributed by atoms with Gasteiger partial charge in [-0.3, -0.25) is 4.79 Å². The van der Waals surface area contributed by atoms with Gasteiger partial charge in [-0.05, 0) is 37.8 Å². The molecule has 1 N–H and O–H groups in total. The number of hydrogen-bond donors (Lipinski definition) is 1. The highest BCUT2D eigenvalue weighted by atomic mass is 35.5. The molecule has 6 heteroatoms. The summed E-state index contributed by atoms with van der Waals surface area (Å²) >= 11 is 6.37. The lowest BCUT2D eigenvalue weighted by molar-refractivity contribution is -0.117. The van der Waals surface area contributed by atoms with E-state index >= 15 is 0 Å². The lowest BCUT2D eigenvalue weighted by Gasteiger charge is -2.20. The van der Waals surface area contributed by atoms with Gasteiger partial charge in [-0.25, -0.2) is 0 Å². The molecule has 1 heterocycles. The summed E-state index contributed by atoms with van der Waals surface area (Å²) < 4.78 is 1.93. The van der Waals surface area contributed by atoms with Crippen LogP contribution in [0.5, 0.6) is 0 Å². The fourth-order valence-corrected chi connectivity index (χ4v) is 4.00. The Labute approximate surface area is 152 Å². The average molecular weight is 362 g/mol. The number of nitroso groups, excluding NO2 is 1. The SMILES string of the molecule is CC(Cn1cc(NC(=O)CC2CCCCC2)c2c(Cl)cccc21)N=O. The van der Waals surface area contributed by atoms with Crippen molar-refractivity contribution in [1.82, 2.24) is 4.57 Å². The van der Waals surface area contributed by atoms with Crippen LogP contribution in [0.25, 0.3) is 10.9 Å². The number of hydrogen-bond acceptors (Lipinski definition) is 3. The number of halogens is 1. The lowest BCUT2D eigenvalue weighted by atomic mass is 9.87. The summed E-state index contributed by atoms with van der Waals surface area (Å²) in [7, 11) is 0. The number of nitrogens with one attached hydrogen (secondary N) is 1. The monoisotopic (exact) mass is 361 g/mol. The fourth-order valence-electron chi connectivity index (χ4n) is 3.73. The van der Waals surface area contributed by atoms with Crippen molar-refractivity contribution >= 4 is 34.1 Å². The Hall–Kier alpha value is -1.88. The fraction of sp³-hybridized carbons (Fsp3) is 0.526. The summed E-state index contributed by atoms with van der Waals surface area (Å²) in [5, 5.41) is 7.51. The van der Waals surface area contributed by atoms with Crippen LogP contribution in [0.4, 0.5) is 5.69 Å². The van der Waals surface area contributed by atoms with Crippen LogP contribution in [0, 0.1) is 10.8 Å². The summed E-state index contributed by atoms with van der Waals surface area (Å²) in [5.74, 6) is 0.518. The van der Waals surface area contributed by atoms with E-state index < -0.39 is 0 Å². The van der Waals surface area contributed by atoms with Gasteiger partial charge in [0.15, 0.2) is 0 Å². The molecular weight excluding hydrogens is 338 g/mol. The average Bonchev–Trinajstić information content (AvgIpc) is 2.94. The molecule has 0 aliphatic heterocycles. The van der Waals surface area contributed by atoms with Crippen molar-refractivity contribution in [1.29, 1.82) is 0 Å². The largest absolute Gasteiger partial charge is 0.343 e. The maximum absolute atomic E-state index is 12.5. The van der Waals surface area contributed by atoms with Crippen LogP contribution in [-0.2, 0) is 11.3 Å². The highest BCUT2D eigenvalue weighted by molar-refractivity contribution is 6.36. The van der Waals surface area contributed by atoms with Gasteiger partial charge in [0, 0.05) is 24.5 Å². The highest BCUT2D eigenvalue weighted by Crippen LogP contribution is 2.33. The molecule has 0 bridgehead atoms. The van der Waals surface area contributed by atoms with Crippen molar-refractivity contribution in [2.45, 2.75) is 58.0 Å². The van der Waals surface area contributed by atoms with Gasteiger partial charge in [-0.2, -0.15) is 4.91 Å². The number of fused-ring (bicyclic) bond motifs is 1. The first-order valence-corrected chi connectivity index (χ1v) is 9.36. The second-order valence-corrected chi connectivity index (χ2v) is 7.45. The van der Waals surface area contributed by atoms with Crippen molar-refractivity contribution in [3.05, 3.63) is 34.3 Å². The number of carbonyl (C=O) groups is 1. The van der Waals surface area contributed by atoms with E-state index in [0.29, 0.717) is 29.6 Å². The summed E-state index contributed by atoms with van der Waals surface area (Å²) in [4.78, 5) is 23.3. The lowest BCUT2D eigenvalue weighted by Crippen LogP contribution is -2.18. The molecule has 1 aliphatic carbocycles. The highest BCUT2D eigenvalue weighted by Gasteiger charge is 2.19. The summed E-state index contributed by atoms with van der Waals surface area (Å²) in [5.41, 5.74) is 1.61. The van der Waals surface area contributed by atoms with Gasteiger partial charge >= 0.3 is 0 Å². The number of rotatable bonds is 6. The van der Waals surface area contributed by atoms with Crippen LogP contribution in [0.15, 0.2) is 29.6 Å². The standard InChI is InChI=1S/C19H24ClN3O2/c1-13(22-25)11-23-12-16(19-15(20)8-5-9-17(19)23)21-18(24)10-14-6-3-2-4-7-14/h5,8-9,12-14H,2-4,6-7,10-11H2,1H3,(H,21,24). The molecule has 0 spiro atoms. The van der Waals surface area contributed by atoms with Crippen LogP contribution >= 0.6 is 11.6 Å². The number of aromatic nitrogens is 1. The van der Waals surface area contributed by atoms with Crippen molar-refractivity contribution in [3.8, 4) is 0 Å². The van der Waals surface area contributed by atoms with Crippen LogP contribution in [0.3, 0.4) is 0 Å². The third-order valence-electron chi connectivity index (χ3n) is 4.97. The van der Waals surface area contributed by atoms with Gasteiger partial charge < -0.3 is 9.88 Å². The summed E-state index contributed by atoms with van der Waals surface area (Å²) in [6.45, 7) is 2.23. The van der Waals surface area contributed by atoms with E-state index in [1.807, 2.05) is 29.0 Å². The van der Waals surface area contributed by atoms with E-state index in [1.165, 1.54) is 19.3 Å². The predicted octanol–water partition coefficient (Wildman–Crippen LogP) is 5.36. The second kappa shape index (κ2) is 8.00. The molecule has 5 nitrogen and oxygen atoms in total. The molecule has 1 amide bonds. The quantitative estimate of drug-likeness (QED) is 0.704. The van der Waals surface area contributed by atoms with E-state index in [1.54, 1.807) is 6.92 Å². The Kier molecular flexibility index (Phi) is 5.74. The van der Waals surface area contributed by atoms with Gasteiger partial charge in [-0.15, -0.1) is 0 Å². The molecule has 0 saturated heterocycles. The number of anilines is 1. The number of benzene rings is 1. The van der Waals surface area contributed by atoms with Gasteiger partial charge in [0.1, 0.15) is 6.04 Å². The molecular formula is C19H24ClN3O2. The maximum Gasteiger partial charge on any atom is 0.224 e. The molecule has 134 valence electrons. The minimum absolute atomic E-state index is 0.0347. The molecule has 1 fully saturated rings. The van der Waals surface area contributed by atoms with Crippen molar-refractivity contribution < 1.29 is 4.79 Å². The topological polar surface area (TPSA) is 63.5 Å².